The highest BCUT2D eigenvalue weighted by molar-refractivity contribution is 6.05. The minimum absolute atomic E-state index is 0.493. The van der Waals surface area contributed by atoms with Crippen molar-refractivity contribution in [3.05, 3.63) is 30.0 Å². The molecule has 0 rings (SSSR count). The lowest BCUT2D eigenvalue weighted by molar-refractivity contribution is 0.832. The van der Waals surface area contributed by atoms with Gasteiger partial charge in [0, 0.05) is 5.57 Å². The summed E-state index contributed by atoms with van der Waals surface area (Å²) in [4.78, 5) is 0. The van der Waals surface area contributed by atoms with Crippen LogP contribution in [0.15, 0.2) is 30.0 Å². The first-order chi connectivity index (χ1) is 5.07. The van der Waals surface area contributed by atoms with Gasteiger partial charge in [0.05, 0.1) is 5.71 Å². The van der Waals surface area contributed by atoms with Gasteiger partial charge in [-0.1, -0.05) is 26.5 Å². The van der Waals surface area contributed by atoms with Gasteiger partial charge in [0.1, 0.15) is 0 Å². The second kappa shape index (κ2) is 4.70. The molecule has 0 unspecified atom stereocenters. The average molecular weight is 149 g/mol. The smallest absolute Gasteiger partial charge is 0.0642 e. The molecule has 0 amide bonds. The Labute approximate surface area is 68.6 Å². The standard InChI is InChI=1S/C10H15N/c1-5-9(4)10(11)7-6-8(2)3/h6-8,11H,1H2,2-4H3/b7-6-,11-10?. The minimum atomic E-state index is 0.493. The lowest BCUT2D eigenvalue weighted by Gasteiger charge is -1.95. The summed E-state index contributed by atoms with van der Waals surface area (Å²) in [7, 11) is 0. The summed E-state index contributed by atoms with van der Waals surface area (Å²) < 4.78 is 0. The van der Waals surface area contributed by atoms with Gasteiger partial charge < -0.3 is 0 Å². The highest BCUT2D eigenvalue weighted by Gasteiger charge is 1.92. The van der Waals surface area contributed by atoms with Crippen LogP contribution in [0.25, 0.3) is 0 Å². The Balaban J connectivity index is 4.20. The Hall–Kier alpha value is -1.07. The van der Waals surface area contributed by atoms with E-state index in [2.05, 4.69) is 26.2 Å². The van der Waals surface area contributed by atoms with E-state index < -0.39 is 0 Å². The van der Waals surface area contributed by atoms with E-state index >= 15 is 0 Å². The zero-order valence-corrected chi connectivity index (χ0v) is 7.44. The fourth-order valence-electron chi connectivity index (χ4n) is 0.509. The third-order valence-corrected chi connectivity index (χ3v) is 1.32. The first kappa shape index (κ1) is 9.93. The highest BCUT2D eigenvalue weighted by atomic mass is 14.4. The maximum atomic E-state index is 7.46. The van der Waals surface area contributed by atoms with E-state index in [1.807, 2.05) is 13.0 Å². The summed E-state index contributed by atoms with van der Waals surface area (Å²) in [5, 5.41) is 7.46. The van der Waals surface area contributed by atoms with E-state index in [0.717, 1.165) is 5.57 Å². The van der Waals surface area contributed by atoms with E-state index in [1.54, 1.807) is 6.08 Å². The van der Waals surface area contributed by atoms with Gasteiger partial charge in [-0.3, -0.25) is 5.41 Å². The molecule has 0 aliphatic carbocycles. The van der Waals surface area contributed by atoms with Crippen LogP contribution in [0, 0.1) is 11.3 Å². The van der Waals surface area contributed by atoms with Gasteiger partial charge in [-0.2, -0.15) is 0 Å². The summed E-state index contributed by atoms with van der Waals surface area (Å²) in [5.41, 5.74) is 3.97. The number of hydrogen-bond donors (Lipinski definition) is 1. The number of allylic oxidation sites excluding steroid dienone is 3. The van der Waals surface area contributed by atoms with E-state index in [-0.39, 0.29) is 0 Å². The molecule has 1 N–H and O–H groups in total. The molecule has 0 fully saturated rings. The normalized spacial score (nSPS) is 10.2. The molecule has 0 radical (unpaired) electrons. The second-order valence-electron chi connectivity index (χ2n) is 2.82. The second-order valence-corrected chi connectivity index (χ2v) is 2.82. The Morgan fingerprint density at radius 2 is 2.09 bits per heavy atom. The Kier molecular flexibility index (Phi) is 4.24. The summed E-state index contributed by atoms with van der Waals surface area (Å²) in [5.74, 6) is 0.493. The van der Waals surface area contributed by atoms with Crippen molar-refractivity contribution in [1.82, 2.24) is 0 Å². The van der Waals surface area contributed by atoms with Crippen LogP contribution < -0.4 is 0 Å². The summed E-state index contributed by atoms with van der Waals surface area (Å²) in [6, 6.07) is 0. The molecule has 1 nitrogen and oxygen atoms in total. The number of nitrogens with one attached hydrogen (secondary N) is 1. The van der Waals surface area contributed by atoms with Crippen molar-refractivity contribution >= 4 is 5.71 Å². The average Bonchev–Trinajstić information content (AvgIpc) is 1.98. The lowest BCUT2D eigenvalue weighted by Crippen LogP contribution is -1.92. The van der Waals surface area contributed by atoms with E-state index in [9.17, 15) is 0 Å². The van der Waals surface area contributed by atoms with Gasteiger partial charge in [-0.15, -0.1) is 5.73 Å². The third-order valence-electron chi connectivity index (χ3n) is 1.32. The molecule has 1 heteroatoms. The minimum Gasteiger partial charge on any atom is -0.300 e. The van der Waals surface area contributed by atoms with E-state index in [1.165, 1.54) is 0 Å². The van der Waals surface area contributed by atoms with Crippen molar-refractivity contribution < 1.29 is 0 Å². The highest BCUT2D eigenvalue weighted by Crippen LogP contribution is 1.98. The van der Waals surface area contributed by atoms with Crippen LogP contribution in [-0.2, 0) is 0 Å². The summed E-state index contributed by atoms with van der Waals surface area (Å²) in [6.07, 6.45) is 3.78. The third kappa shape index (κ3) is 4.35. The van der Waals surface area contributed by atoms with Crippen LogP contribution in [0.2, 0.25) is 0 Å². The maximum Gasteiger partial charge on any atom is 0.0642 e. The Morgan fingerprint density at radius 3 is 2.45 bits per heavy atom. The molecule has 0 saturated carbocycles. The van der Waals surface area contributed by atoms with Crippen LogP contribution in [0.4, 0.5) is 0 Å². The van der Waals surface area contributed by atoms with Crippen molar-refractivity contribution in [2.45, 2.75) is 20.8 Å². The molecule has 0 atom stereocenters. The molecule has 0 aromatic heterocycles. The molecule has 0 heterocycles. The molecule has 11 heavy (non-hydrogen) atoms. The Morgan fingerprint density at radius 1 is 1.55 bits per heavy atom. The first-order valence-corrected chi connectivity index (χ1v) is 3.71. The molecular formula is C10H15N. The van der Waals surface area contributed by atoms with Crippen molar-refractivity contribution in [1.29, 1.82) is 5.41 Å². The SMILES string of the molecule is C=C=C(C)C(=N)/C=C\C(C)C. The van der Waals surface area contributed by atoms with Gasteiger partial charge in [0.15, 0.2) is 0 Å². The van der Waals surface area contributed by atoms with E-state index in [4.69, 9.17) is 5.41 Å². The zero-order valence-electron chi connectivity index (χ0n) is 7.44. The van der Waals surface area contributed by atoms with Crippen LogP contribution in [0.3, 0.4) is 0 Å². The van der Waals surface area contributed by atoms with Crippen molar-refractivity contribution in [2.24, 2.45) is 5.92 Å². The van der Waals surface area contributed by atoms with E-state index in [0.29, 0.717) is 11.6 Å². The monoisotopic (exact) mass is 149 g/mol. The fraction of sp³-hybridized carbons (Fsp3) is 0.400. The largest absolute Gasteiger partial charge is 0.300 e. The number of rotatable bonds is 3. The van der Waals surface area contributed by atoms with Gasteiger partial charge in [0.25, 0.3) is 0 Å². The van der Waals surface area contributed by atoms with Gasteiger partial charge in [-0.25, -0.2) is 0 Å². The molecule has 0 aromatic rings. The van der Waals surface area contributed by atoms with Crippen LogP contribution in [-0.4, -0.2) is 5.71 Å². The van der Waals surface area contributed by atoms with Gasteiger partial charge in [0.2, 0.25) is 0 Å². The van der Waals surface area contributed by atoms with Crippen LogP contribution >= 0.6 is 0 Å². The topological polar surface area (TPSA) is 23.9 Å². The zero-order chi connectivity index (χ0) is 8.85. The van der Waals surface area contributed by atoms with Gasteiger partial charge >= 0.3 is 0 Å². The summed E-state index contributed by atoms with van der Waals surface area (Å²) >= 11 is 0. The van der Waals surface area contributed by atoms with Crippen LogP contribution in [0.1, 0.15) is 20.8 Å². The predicted molar refractivity (Wildman–Crippen MR) is 50.0 cm³/mol. The lowest BCUT2D eigenvalue weighted by atomic mass is 10.1. The Bertz CT molecular complexity index is 215. The summed E-state index contributed by atoms with van der Waals surface area (Å²) in [6.45, 7) is 9.47. The molecule has 0 aliphatic heterocycles. The number of hydrogen-bond acceptors (Lipinski definition) is 1. The molecular weight excluding hydrogens is 134 g/mol. The molecule has 0 aliphatic rings. The first-order valence-electron chi connectivity index (χ1n) is 3.71. The molecule has 0 saturated heterocycles. The quantitative estimate of drug-likeness (QED) is 0.471. The molecule has 0 bridgehead atoms. The molecule has 0 spiro atoms. The van der Waals surface area contributed by atoms with Crippen molar-refractivity contribution in [3.63, 3.8) is 0 Å². The predicted octanol–water partition coefficient (Wildman–Crippen LogP) is 2.95. The fourth-order valence-corrected chi connectivity index (χ4v) is 0.509. The van der Waals surface area contributed by atoms with Gasteiger partial charge in [-0.05, 0) is 18.9 Å². The molecule has 60 valence electrons. The van der Waals surface area contributed by atoms with Crippen molar-refractivity contribution in [2.75, 3.05) is 0 Å². The van der Waals surface area contributed by atoms with Crippen molar-refractivity contribution in [3.8, 4) is 0 Å². The molecule has 0 aromatic carbocycles. The maximum absolute atomic E-state index is 7.46. The van der Waals surface area contributed by atoms with Crippen LogP contribution in [0.5, 0.6) is 0 Å².